The number of benzene rings is 1. The monoisotopic (exact) mass is 304 g/mol. The quantitative estimate of drug-likeness (QED) is 0.297. The van der Waals surface area contributed by atoms with Crippen LogP contribution in [0.15, 0.2) is 36.4 Å². The molecule has 0 fully saturated rings. The van der Waals surface area contributed by atoms with E-state index in [4.69, 9.17) is 0 Å². The van der Waals surface area contributed by atoms with E-state index >= 15 is 0 Å². The van der Waals surface area contributed by atoms with Crippen LogP contribution in [-0.4, -0.2) is 5.75 Å². The zero-order valence-corrected chi connectivity index (χ0v) is 14.4. The van der Waals surface area contributed by atoms with Crippen LogP contribution in [0.1, 0.15) is 76.2 Å². The second-order valence-electron chi connectivity index (χ2n) is 5.86. The van der Waals surface area contributed by atoms with Gasteiger partial charge in [-0.25, -0.2) is 0 Å². The smallest absolute Gasteiger partial charge is 0.00979 e. The Morgan fingerprint density at radius 1 is 0.667 bits per heavy atom. The van der Waals surface area contributed by atoms with Crippen LogP contribution in [0.5, 0.6) is 0 Å². The fourth-order valence-corrected chi connectivity index (χ4v) is 2.80. The van der Waals surface area contributed by atoms with Crippen molar-refractivity contribution in [2.75, 3.05) is 5.75 Å². The van der Waals surface area contributed by atoms with Crippen LogP contribution in [0, 0.1) is 0 Å². The first-order valence-corrected chi connectivity index (χ1v) is 9.39. The molecule has 0 bridgehead atoms. The first-order valence-electron chi connectivity index (χ1n) is 8.76. The minimum absolute atomic E-state index is 1.05. The lowest BCUT2D eigenvalue weighted by atomic mass is 10.1. The largest absolute Gasteiger partial charge is 0.179 e. The molecule has 0 saturated heterocycles. The molecule has 1 aromatic rings. The van der Waals surface area contributed by atoms with Crippen LogP contribution < -0.4 is 0 Å². The summed E-state index contributed by atoms with van der Waals surface area (Å²) < 4.78 is 0. The lowest BCUT2D eigenvalue weighted by molar-refractivity contribution is 0.558. The predicted molar refractivity (Wildman–Crippen MR) is 100 cm³/mol. The molecule has 0 spiro atoms. The van der Waals surface area contributed by atoms with Crippen molar-refractivity contribution in [2.45, 2.75) is 70.6 Å². The van der Waals surface area contributed by atoms with E-state index in [1.165, 1.54) is 76.2 Å². The van der Waals surface area contributed by atoms with Gasteiger partial charge in [-0.05, 0) is 30.6 Å². The third-order valence-electron chi connectivity index (χ3n) is 3.89. The van der Waals surface area contributed by atoms with Crippen molar-refractivity contribution >= 4 is 18.7 Å². The first kappa shape index (κ1) is 18.4. The molecule has 0 nitrogen and oxygen atoms in total. The Balaban J connectivity index is 1.82. The zero-order chi connectivity index (χ0) is 15.0. The molecule has 0 N–H and O–H groups in total. The van der Waals surface area contributed by atoms with Gasteiger partial charge in [0, 0.05) is 0 Å². The molecule has 0 amide bonds. The number of unbranched alkanes of at least 4 members (excludes halogenated alkanes) is 10. The molecule has 0 saturated carbocycles. The second-order valence-corrected chi connectivity index (χ2v) is 6.31. The third kappa shape index (κ3) is 11.6. The van der Waals surface area contributed by atoms with Gasteiger partial charge in [0.15, 0.2) is 0 Å². The normalized spacial score (nSPS) is 11.3. The average molecular weight is 305 g/mol. The number of hydrogen-bond donors (Lipinski definition) is 1. The van der Waals surface area contributed by atoms with Crippen LogP contribution in [0.4, 0.5) is 0 Å². The lowest BCUT2D eigenvalue weighted by Gasteiger charge is -2.01. The van der Waals surface area contributed by atoms with E-state index in [2.05, 4.69) is 55.1 Å². The molecule has 0 aromatic heterocycles. The Kier molecular flexibility index (Phi) is 12.5. The molecule has 1 heteroatoms. The highest BCUT2D eigenvalue weighted by molar-refractivity contribution is 7.80. The van der Waals surface area contributed by atoms with E-state index in [-0.39, 0.29) is 0 Å². The summed E-state index contributed by atoms with van der Waals surface area (Å²) in [5.41, 5.74) is 1.32. The summed E-state index contributed by atoms with van der Waals surface area (Å²) in [7, 11) is 0. The van der Waals surface area contributed by atoms with Gasteiger partial charge >= 0.3 is 0 Å². The summed E-state index contributed by atoms with van der Waals surface area (Å²) in [6.07, 6.45) is 19.7. The van der Waals surface area contributed by atoms with Gasteiger partial charge in [0.25, 0.3) is 0 Å². The molecule has 0 radical (unpaired) electrons. The highest BCUT2D eigenvalue weighted by Crippen LogP contribution is 2.12. The van der Waals surface area contributed by atoms with Gasteiger partial charge in [0.05, 0.1) is 0 Å². The summed E-state index contributed by atoms with van der Waals surface area (Å²) in [6, 6.07) is 10.6. The minimum Gasteiger partial charge on any atom is -0.179 e. The molecule has 1 aromatic carbocycles. The zero-order valence-electron chi connectivity index (χ0n) is 13.5. The molecular weight excluding hydrogens is 272 g/mol. The van der Waals surface area contributed by atoms with Crippen LogP contribution in [0.2, 0.25) is 0 Å². The summed E-state index contributed by atoms with van der Waals surface area (Å²) in [6.45, 7) is 0. The van der Waals surface area contributed by atoms with Gasteiger partial charge in [-0.3, -0.25) is 0 Å². The Morgan fingerprint density at radius 2 is 1.19 bits per heavy atom. The highest BCUT2D eigenvalue weighted by atomic mass is 32.1. The molecular formula is C20H32S. The Labute approximate surface area is 137 Å². The van der Waals surface area contributed by atoms with Gasteiger partial charge in [-0.2, -0.15) is 12.6 Å². The van der Waals surface area contributed by atoms with Gasteiger partial charge in [-0.15, -0.1) is 0 Å². The van der Waals surface area contributed by atoms with Crippen LogP contribution in [-0.2, 0) is 0 Å². The molecule has 1 rings (SSSR count). The van der Waals surface area contributed by atoms with E-state index in [9.17, 15) is 0 Å². The topological polar surface area (TPSA) is 0 Å². The van der Waals surface area contributed by atoms with Crippen molar-refractivity contribution in [3.8, 4) is 0 Å². The Hall–Kier alpha value is -0.690. The molecule has 21 heavy (non-hydrogen) atoms. The number of thiol groups is 1. The van der Waals surface area contributed by atoms with E-state index < -0.39 is 0 Å². The highest BCUT2D eigenvalue weighted by Gasteiger charge is 1.92. The Bertz CT molecular complexity index is 342. The molecule has 118 valence electrons. The van der Waals surface area contributed by atoms with E-state index in [1.54, 1.807) is 0 Å². The molecule has 0 aliphatic rings. The van der Waals surface area contributed by atoms with Gasteiger partial charge in [-0.1, -0.05) is 93.9 Å². The fourth-order valence-electron chi connectivity index (χ4n) is 2.57. The van der Waals surface area contributed by atoms with Crippen molar-refractivity contribution in [2.24, 2.45) is 0 Å². The van der Waals surface area contributed by atoms with E-state index in [0.29, 0.717) is 0 Å². The standard InChI is InChI=1S/C20H32S/c21-19-15-10-8-6-4-2-1-3-5-7-9-12-16-20-17-13-11-14-18-20/h11-14,16-18,21H,1-10,15,19H2. The number of allylic oxidation sites excluding steroid dienone is 1. The summed E-state index contributed by atoms with van der Waals surface area (Å²) in [4.78, 5) is 0. The maximum atomic E-state index is 4.24. The van der Waals surface area contributed by atoms with Gasteiger partial charge in [0.1, 0.15) is 0 Å². The summed E-state index contributed by atoms with van der Waals surface area (Å²) >= 11 is 4.24. The lowest BCUT2D eigenvalue weighted by Crippen LogP contribution is -1.82. The molecule has 0 aliphatic heterocycles. The van der Waals surface area contributed by atoms with Crippen molar-refractivity contribution in [3.63, 3.8) is 0 Å². The predicted octanol–water partition coefficient (Wildman–Crippen LogP) is 6.92. The van der Waals surface area contributed by atoms with Crippen molar-refractivity contribution in [3.05, 3.63) is 42.0 Å². The van der Waals surface area contributed by atoms with Crippen LogP contribution >= 0.6 is 12.6 Å². The SMILES string of the molecule is SCCCCCCCCCCCCC=Cc1ccccc1. The number of rotatable bonds is 13. The number of hydrogen-bond acceptors (Lipinski definition) is 1. The molecule has 0 atom stereocenters. The maximum Gasteiger partial charge on any atom is -0.00979 e. The van der Waals surface area contributed by atoms with Crippen LogP contribution in [0.3, 0.4) is 0 Å². The second kappa shape index (κ2) is 14.3. The molecule has 0 heterocycles. The molecule has 0 aliphatic carbocycles. The fraction of sp³-hybridized carbons (Fsp3) is 0.600. The van der Waals surface area contributed by atoms with Crippen LogP contribution in [0.25, 0.3) is 6.08 Å². The van der Waals surface area contributed by atoms with Gasteiger partial charge < -0.3 is 0 Å². The van der Waals surface area contributed by atoms with Crippen molar-refractivity contribution in [1.29, 1.82) is 0 Å². The van der Waals surface area contributed by atoms with Gasteiger partial charge in [0.2, 0.25) is 0 Å². The summed E-state index contributed by atoms with van der Waals surface area (Å²) in [5.74, 6) is 1.05. The average Bonchev–Trinajstić information content (AvgIpc) is 2.53. The maximum absolute atomic E-state index is 4.24. The summed E-state index contributed by atoms with van der Waals surface area (Å²) in [5, 5.41) is 0. The first-order chi connectivity index (χ1) is 10.4. The third-order valence-corrected chi connectivity index (χ3v) is 4.21. The molecule has 0 unspecified atom stereocenters. The van der Waals surface area contributed by atoms with E-state index in [0.717, 1.165) is 5.75 Å². The van der Waals surface area contributed by atoms with E-state index in [1.807, 2.05) is 0 Å². The Morgan fingerprint density at radius 3 is 1.76 bits per heavy atom. The minimum atomic E-state index is 1.05. The van der Waals surface area contributed by atoms with Crippen molar-refractivity contribution in [1.82, 2.24) is 0 Å². The van der Waals surface area contributed by atoms with Crippen molar-refractivity contribution < 1.29 is 0 Å².